The van der Waals surface area contributed by atoms with Crippen LogP contribution in [0, 0.1) is 0 Å². The summed E-state index contributed by atoms with van der Waals surface area (Å²) in [7, 11) is 0. The molecule has 0 aliphatic carbocycles. The van der Waals surface area contributed by atoms with Crippen LogP contribution in [0.1, 0.15) is 13.8 Å². The maximum atomic E-state index is 11.6. The Bertz CT molecular complexity index is 119. The first-order chi connectivity index (χ1) is 5.20. The molecule has 0 bridgehead atoms. The highest BCUT2D eigenvalue weighted by Crippen LogP contribution is 2.05. The smallest absolute Gasteiger partial charge is 0.318 e. The van der Waals surface area contributed by atoms with E-state index in [9.17, 15) is 9.18 Å². The van der Waals surface area contributed by atoms with Crippen LogP contribution in [0.25, 0.3) is 0 Å². The van der Waals surface area contributed by atoms with Crippen molar-refractivity contribution in [2.75, 3.05) is 19.0 Å². The molecule has 66 valence electrons. The van der Waals surface area contributed by atoms with Crippen LogP contribution in [0.5, 0.6) is 0 Å². The Kier molecular flexibility index (Phi) is 6.25. The zero-order valence-electron chi connectivity index (χ0n) is 6.76. The number of nitrogens with one attached hydrogen (secondary N) is 1. The summed E-state index contributed by atoms with van der Waals surface area (Å²) in [5.74, 6) is 0.303. The van der Waals surface area contributed by atoms with Crippen LogP contribution in [0.15, 0.2) is 0 Å². The summed E-state index contributed by atoms with van der Waals surface area (Å²) in [6.07, 6.45) is -1.47. The molecule has 0 aliphatic rings. The third-order valence-corrected chi connectivity index (χ3v) is 2.32. The van der Waals surface area contributed by atoms with Gasteiger partial charge in [-0.1, -0.05) is 25.8 Å². The van der Waals surface area contributed by atoms with Gasteiger partial charge in [-0.3, -0.25) is 0 Å². The SMILES string of the molecule is CCN(CC)SCNC(=O)F. The maximum Gasteiger partial charge on any atom is 0.398 e. The molecule has 1 N–H and O–H groups in total. The molecule has 0 radical (unpaired) electrons. The van der Waals surface area contributed by atoms with Crippen LogP contribution < -0.4 is 5.32 Å². The molecule has 0 saturated carbocycles. The van der Waals surface area contributed by atoms with Gasteiger partial charge in [0.2, 0.25) is 0 Å². The van der Waals surface area contributed by atoms with Crippen LogP contribution in [0.3, 0.4) is 0 Å². The molecule has 1 amide bonds. The van der Waals surface area contributed by atoms with Crippen molar-refractivity contribution in [1.29, 1.82) is 0 Å². The van der Waals surface area contributed by atoms with Crippen molar-refractivity contribution in [3.05, 3.63) is 0 Å². The van der Waals surface area contributed by atoms with Gasteiger partial charge in [-0.15, -0.1) is 4.39 Å². The lowest BCUT2D eigenvalue weighted by Gasteiger charge is -2.15. The highest BCUT2D eigenvalue weighted by atomic mass is 32.2. The van der Waals surface area contributed by atoms with E-state index in [1.165, 1.54) is 11.9 Å². The molecule has 0 saturated heterocycles. The Balaban J connectivity index is 3.28. The zero-order valence-corrected chi connectivity index (χ0v) is 7.58. The number of halogens is 1. The van der Waals surface area contributed by atoms with Gasteiger partial charge in [0.15, 0.2) is 0 Å². The van der Waals surface area contributed by atoms with Crippen LogP contribution in [0.2, 0.25) is 0 Å². The lowest BCUT2D eigenvalue weighted by molar-refractivity contribution is 0.223. The van der Waals surface area contributed by atoms with Crippen molar-refractivity contribution in [3.8, 4) is 0 Å². The summed E-state index contributed by atoms with van der Waals surface area (Å²) in [5.41, 5.74) is 0. The molecular formula is C6H13FN2OS. The van der Waals surface area contributed by atoms with Gasteiger partial charge in [0.25, 0.3) is 0 Å². The standard InChI is InChI=1S/C6H13FN2OS/c1-3-9(4-2)11-5-8-6(7)10/h3-5H2,1-2H3,(H,8,10). The zero-order chi connectivity index (χ0) is 8.69. The predicted octanol–water partition coefficient (Wildman–Crippen LogP) is 1.61. The van der Waals surface area contributed by atoms with Crippen LogP contribution in [0.4, 0.5) is 9.18 Å². The Morgan fingerprint density at radius 3 is 2.45 bits per heavy atom. The van der Waals surface area contributed by atoms with Gasteiger partial charge in [0, 0.05) is 13.1 Å². The van der Waals surface area contributed by atoms with Crippen molar-refractivity contribution in [1.82, 2.24) is 9.62 Å². The van der Waals surface area contributed by atoms with Crippen molar-refractivity contribution in [2.24, 2.45) is 0 Å². The van der Waals surface area contributed by atoms with Crippen molar-refractivity contribution in [2.45, 2.75) is 13.8 Å². The topological polar surface area (TPSA) is 32.3 Å². The molecule has 0 spiro atoms. The van der Waals surface area contributed by atoms with Gasteiger partial charge in [-0.05, 0) is 0 Å². The van der Waals surface area contributed by atoms with Gasteiger partial charge in [-0.2, -0.15) is 0 Å². The van der Waals surface area contributed by atoms with Crippen molar-refractivity contribution >= 4 is 18.1 Å². The van der Waals surface area contributed by atoms with Crippen molar-refractivity contribution in [3.63, 3.8) is 0 Å². The molecular weight excluding hydrogens is 167 g/mol. The first-order valence-electron chi connectivity index (χ1n) is 3.51. The Morgan fingerprint density at radius 2 is 2.09 bits per heavy atom. The molecule has 0 rings (SSSR count). The normalized spacial score (nSPS) is 10.2. The number of carbonyl (C=O) groups is 1. The van der Waals surface area contributed by atoms with E-state index in [0.717, 1.165) is 13.1 Å². The largest absolute Gasteiger partial charge is 0.398 e. The number of rotatable bonds is 5. The number of carbonyl (C=O) groups excluding carboxylic acids is 1. The quantitative estimate of drug-likeness (QED) is 0.302. The van der Waals surface area contributed by atoms with Crippen LogP contribution in [-0.2, 0) is 0 Å². The number of hydrogen-bond acceptors (Lipinski definition) is 3. The molecule has 3 nitrogen and oxygen atoms in total. The molecule has 0 aromatic heterocycles. The summed E-state index contributed by atoms with van der Waals surface area (Å²) < 4.78 is 13.6. The van der Waals surface area contributed by atoms with Gasteiger partial charge in [0.1, 0.15) is 0 Å². The summed E-state index contributed by atoms with van der Waals surface area (Å²) in [5, 5.41) is 2.06. The third kappa shape index (κ3) is 6.12. The fraction of sp³-hybridized carbons (Fsp3) is 0.833. The molecule has 5 heteroatoms. The summed E-state index contributed by atoms with van der Waals surface area (Å²) in [6.45, 7) is 5.80. The minimum Gasteiger partial charge on any atom is -0.318 e. The van der Waals surface area contributed by atoms with Gasteiger partial charge >= 0.3 is 6.16 Å². The minimum atomic E-state index is -1.47. The minimum absolute atomic E-state index is 0.303. The first-order valence-corrected chi connectivity index (χ1v) is 4.46. The second-order valence-corrected chi connectivity index (χ2v) is 2.90. The Morgan fingerprint density at radius 1 is 1.55 bits per heavy atom. The lowest BCUT2D eigenvalue weighted by Crippen LogP contribution is -2.22. The molecule has 0 aliphatic heterocycles. The molecule has 0 unspecified atom stereocenters. The number of nitrogens with zero attached hydrogens (tertiary/aromatic N) is 1. The Labute approximate surface area is 70.5 Å². The summed E-state index contributed by atoms with van der Waals surface area (Å²) in [4.78, 5) is 9.79. The molecule has 0 aromatic rings. The van der Waals surface area contributed by atoms with E-state index < -0.39 is 6.16 Å². The fourth-order valence-electron chi connectivity index (χ4n) is 0.586. The Hall–Kier alpha value is -0.290. The van der Waals surface area contributed by atoms with Gasteiger partial charge in [0.05, 0.1) is 5.88 Å². The van der Waals surface area contributed by atoms with E-state index in [4.69, 9.17) is 0 Å². The van der Waals surface area contributed by atoms with E-state index in [1.807, 2.05) is 18.2 Å². The molecule has 11 heavy (non-hydrogen) atoms. The monoisotopic (exact) mass is 180 g/mol. The van der Waals surface area contributed by atoms with E-state index in [-0.39, 0.29) is 0 Å². The van der Waals surface area contributed by atoms with Crippen LogP contribution in [-0.4, -0.2) is 29.4 Å². The van der Waals surface area contributed by atoms with E-state index >= 15 is 0 Å². The summed E-state index contributed by atoms with van der Waals surface area (Å²) >= 11 is 1.41. The van der Waals surface area contributed by atoms with E-state index in [2.05, 4.69) is 5.32 Å². The third-order valence-electron chi connectivity index (χ3n) is 1.16. The number of hydrogen-bond donors (Lipinski definition) is 1. The second-order valence-electron chi connectivity index (χ2n) is 1.84. The van der Waals surface area contributed by atoms with E-state index in [1.54, 1.807) is 0 Å². The second kappa shape index (κ2) is 6.42. The predicted molar refractivity (Wildman–Crippen MR) is 45.0 cm³/mol. The van der Waals surface area contributed by atoms with E-state index in [0.29, 0.717) is 5.88 Å². The first kappa shape index (κ1) is 10.7. The molecule has 0 heterocycles. The molecule has 0 fully saturated rings. The highest BCUT2D eigenvalue weighted by Gasteiger charge is 2.00. The van der Waals surface area contributed by atoms with Crippen molar-refractivity contribution < 1.29 is 9.18 Å². The molecule has 0 aromatic carbocycles. The highest BCUT2D eigenvalue weighted by molar-refractivity contribution is 7.96. The molecule has 0 atom stereocenters. The average Bonchev–Trinajstić information content (AvgIpc) is 1.98. The lowest BCUT2D eigenvalue weighted by atomic mass is 10.7. The van der Waals surface area contributed by atoms with Gasteiger partial charge in [-0.25, -0.2) is 9.10 Å². The fourth-order valence-corrected chi connectivity index (χ4v) is 1.31. The average molecular weight is 180 g/mol. The van der Waals surface area contributed by atoms with Crippen LogP contribution >= 0.6 is 11.9 Å². The maximum absolute atomic E-state index is 11.6. The summed E-state index contributed by atoms with van der Waals surface area (Å²) in [6, 6.07) is 0. The number of amides is 1. The van der Waals surface area contributed by atoms with Gasteiger partial charge < -0.3 is 5.32 Å².